The highest BCUT2D eigenvalue weighted by Gasteiger charge is 2.14. The summed E-state index contributed by atoms with van der Waals surface area (Å²) in [7, 11) is 0. The standard InChI is InChI=1S/C18H21N3/c1-3-19-18(13-21-12-14(2)11-20-21)17-10-6-8-15-7-4-5-9-16(15)17/h4-12,18-19H,3,13H2,1-2H3. The Kier molecular flexibility index (Phi) is 4.02. The van der Waals surface area contributed by atoms with Crippen LogP contribution in [0.5, 0.6) is 0 Å². The van der Waals surface area contributed by atoms with Crippen molar-refractivity contribution in [3.05, 3.63) is 66.0 Å². The van der Waals surface area contributed by atoms with Crippen LogP contribution < -0.4 is 5.32 Å². The van der Waals surface area contributed by atoms with E-state index in [1.54, 1.807) is 0 Å². The average molecular weight is 279 g/mol. The zero-order valence-electron chi connectivity index (χ0n) is 12.6. The molecule has 1 N–H and O–H groups in total. The summed E-state index contributed by atoms with van der Waals surface area (Å²) < 4.78 is 2.02. The summed E-state index contributed by atoms with van der Waals surface area (Å²) in [6, 6.07) is 15.3. The minimum Gasteiger partial charge on any atom is -0.309 e. The lowest BCUT2D eigenvalue weighted by atomic mass is 9.98. The molecule has 2 aromatic carbocycles. The first kappa shape index (κ1) is 13.8. The molecule has 0 amide bonds. The Morgan fingerprint density at radius 2 is 1.95 bits per heavy atom. The van der Waals surface area contributed by atoms with Crippen LogP contribution in [0.25, 0.3) is 10.8 Å². The molecule has 0 aliphatic heterocycles. The molecule has 108 valence electrons. The third-order valence-corrected chi connectivity index (χ3v) is 3.78. The van der Waals surface area contributed by atoms with Crippen LogP contribution in [0.4, 0.5) is 0 Å². The lowest BCUT2D eigenvalue weighted by Gasteiger charge is -2.20. The third-order valence-electron chi connectivity index (χ3n) is 3.78. The van der Waals surface area contributed by atoms with Crippen molar-refractivity contribution in [3.63, 3.8) is 0 Å². The van der Waals surface area contributed by atoms with E-state index in [0.29, 0.717) is 0 Å². The molecule has 0 radical (unpaired) electrons. The van der Waals surface area contributed by atoms with Gasteiger partial charge in [0.1, 0.15) is 0 Å². The second-order valence-electron chi connectivity index (χ2n) is 5.42. The summed E-state index contributed by atoms with van der Waals surface area (Å²) in [5, 5.41) is 10.6. The Morgan fingerprint density at radius 3 is 2.71 bits per heavy atom. The summed E-state index contributed by atoms with van der Waals surface area (Å²) in [6.45, 7) is 6.00. The van der Waals surface area contributed by atoms with E-state index >= 15 is 0 Å². The number of hydrogen-bond acceptors (Lipinski definition) is 2. The van der Waals surface area contributed by atoms with Crippen LogP contribution >= 0.6 is 0 Å². The predicted octanol–water partition coefficient (Wildman–Crippen LogP) is 3.70. The second-order valence-corrected chi connectivity index (χ2v) is 5.42. The van der Waals surface area contributed by atoms with Gasteiger partial charge < -0.3 is 5.32 Å². The van der Waals surface area contributed by atoms with Gasteiger partial charge in [-0.1, -0.05) is 49.4 Å². The Balaban J connectivity index is 1.98. The van der Waals surface area contributed by atoms with Crippen LogP contribution in [-0.4, -0.2) is 16.3 Å². The number of benzene rings is 2. The monoisotopic (exact) mass is 279 g/mol. The topological polar surface area (TPSA) is 29.9 Å². The van der Waals surface area contributed by atoms with Gasteiger partial charge in [-0.25, -0.2) is 0 Å². The van der Waals surface area contributed by atoms with Crippen LogP contribution in [-0.2, 0) is 6.54 Å². The van der Waals surface area contributed by atoms with E-state index in [9.17, 15) is 0 Å². The first-order valence-electron chi connectivity index (χ1n) is 7.48. The molecule has 0 saturated carbocycles. The maximum absolute atomic E-state index is 4.42. The molecule has 1 atom stereocenters. The zero-order chi connectivity index (χ0) is 14.7. The molecule has 0 aliphatic carbocycles. The van der Waals surface area contributed by atoms with Gasteiger partial charge >= 0.3 is 0 Å². The largest absolute Gasteiger partial charge is 0.309 e. The van der Waals surface area contributed by atoms with E-state index in [-0.39, 0.29) is 6.04 Å². The minimum atomic E-state index is 0.264. The number of hydrogen-bond donors (Lipinski definition) is 1. The van der Waals surface area contributed by atoms with E-state index in [4.69, 9.17) is 0 Å². The van der Waals surface area contributed by atoms with Gasteiger partial charge in [-0.15, -0.1) is 0 Å². The first-order valence-corrected chi connectivity index (χ1v) is 7.48. The third kappa shape index (κ3) is 2.98. The molecular weight excluding hydrogens is 258 g/mol. The van der Waals surface area contributed by atoms with Crippen molar-refractivity contribution in [2.24, 2.45) is 0 Å². The van der Waals surface area contributed by atoms with Gasteiger partial charge in [0.15, 0.2) is 0 Å². The lowest BCUT2D eigenvalue weighted by Crippen LogP contribution is -2.25. The summed E-state index contributed by atoms with van der Waals surface area (Å²) in [5.74, 6) is 0. The molecule has 0 spiro atoms. The highest BCUT2D eigenvalue weighted by atomic mass is 15.3. The van der Waals surface area contributed by atoms with Crippen molar-refractivity contribution in [1.29, 1.82) is 0 Å². The fourth-order valence-corrected chi connectivity index (χ4v) is 2.83. The van der Waals surface area contributed by atoms with Crippen molar-refractivity contribution in [2.75, 3.05) is 6.54 Å². The molecule has 3 nitrogen and oxygen atoms in total. The fourth-order valence-electron chi connectivity index (χ4n) is 2.83. The molecule has 0 bridgehead atoms. The van der Waals surface area contributed by atoms with E-state index in [1.807, 2.05) is 10.9 Å². The average Bonchev–Trinajstić information content (AvgIpc) is 2.91. The highest BCUT2D eigenvalue weighted by Crippen LogP contribution is 2.25. The van der Waals surface area contributed by atoms with Gasteiger partial charge in [0.05, 0.1) is 18.8 Å². The Hall–Kier alpha value is -2.13. The van der Waals surface area contributed by atoms with Gasteiger partial charge in [-0.05, 0) is 35.4 Å². The molecule has 3 rings (SSSR count). The van der Waals surface area contributed by atoms with Gasteiger partial charge in [0, 0.05) is 6.20 Å². The van der Waals surface area contributed by atoms with Crippen LogP contribution in [0.15, 0.2) is 54.9 Å². The molecule has 0 fully saturated rings. The number of likely N-dealkylation sites (N-methyl/N-ethyl adjacent to an activating group) is 1. The number of aryl methyl sites for hydroxylation is 1. The van der Waals surface area contributed by atoms with Crippen molar-refractivity contribution in [3.8, 4) is 0 Å². The number of nitrogens with one attached hydrogen (secondary N) is 1. The summed E-state index contributed by atoms with van der Waals surface area (Å²) in [5.41, 5.74) is 2.53. The fraction of sp³-hybridized carbons (Fsp3) is 0.278. The second kappa shape index (κ2) is 6.10. The molecule has 3 aromatic rings. The van der Waals surface area contributed by atoms with Crippen molar-refractivity contribution < 1.29 is 0 Å². The molecule has 1 heterocycles. The number of aromatic nitrogens is 2. The number of rotatable bonds is 5. The summed E-state index contributed by atoms with van der Waals surface area (Å²) >= 11 is 0. The normalized spacial score (nSPS) is 12.7. The van der Waals surface area contributed by atoms with Gasteiger partial charge in [-0.3, -0.25) is 4.68 Å². The van der Waals surface area contributed by atoms with E-state index < -0.39 is 0 Å². The zero-order valence-corrected chi connectivity index (χ0v) is 12.6. The Morgan fingerprint density at radius 1 is 1.14 bits per heavy atom. The van der Waals surface area contributed by atoms with Crippen LogP contribution in [0.2, 0.25) is 0 Å². The van der Waals surface area contributed by atoms with Crippen molar-refractivity contribution in [1.82, 2.24) is 15.1 Å². The SMILES string of the molecule is CCNC(Cn1cc(C)cn1)c1cccc2ccccc12. The molecule has 1 aromatic heterocycles. The van der Waals surface area contributed by atoms with Crippen molar-refractivity contribution in [2.45, 2.75) is 26.4 Å². The van der Waals surface area contributed by atoms with Gasteiger partial charge in [0.25, 0.3) is 0 Å². The Labute approximate surface area is 125 Å². The summed E-state index contributed by atoms with van der Waals surface area (Å²) in [6.07, 6.45) is 4.00. The molecule has 1 unspecified atom stereocenters. The lowest BCUT2D eigenvalue weighted by molar-refractivity contribution is 0.450. The molecule has 0 saturated heterocycles. The van der Waals surface area contributed by atoms with E-state index in [2.05, 4.69) is 72.9 Å². The van der Waals surface area contributed by atoms with E-state index in [1.165, 1.54) is 21.9 Å². The predicted molar refractivity (Wildman–Crippen MR) is 87.3 cm³/mol. The first-order chi connectivity index (χ1) is 10.3. The quantitative estimate of drug-likeness (QED) is 0.772. The van der Waals surface area contributed by atoms with Crippen LogP contribution in [0, 0.1) is 6.92 Å². The maximum Gasteiger partial charge on any atom is 0.0604 e. The van der Waals surface area contributed by atoms with Crippen LogP contribution in [0.3, 0.4) is 0 Å². The van der Waals surface area contributed by atoms with Crippen molar-refractivity contribution >= 4 is 10.8 Å². The smallest absolute Gasteiger partial charge is 0.0604 e. The molecule has 21 heavy (non-hydrogen) atoms. The van der Waals surface area contributed by atoms with Gasteiger partial charge in [0.2, 0.25) is 0 Å². The number of nitrogens with zero attached hydrogens (tertiary/aromatic N) is 2. The molecule has 0 aliphatic rings. The molecule has 3 heteroatoms. The maximum atomic E-state index is 4.42. The minimum absolute atomic E-state index is 0.264. The number of fused-ring (bicyclic) bond motifs is 1. The molecular formula is C18H21N3. The van der Waals surface area contributed by atoms with E-state index in [0.717, 1.165) is 13.1 Å². The highest BCUT2D eigenvalue weighted by molar-refractivity contribution is 5.86. The van der Waals surface area contributed by atoms with Gasteiger partial charge in [-0.2, -0.15) is 5.10 Å². The van der Waals surface area contributed by atoms with Crippen LogP contribution in [0.1, 0.15) is 24.1 Å². The summed E-state index contributed by atoms with van der Waals surface area (Å²) in [4.78, 5) is 0. The Bertz CT molecular complexity index is 725.